The fourth-order valence-corrected chi connectivity index (χ4v) is 6.92. The third-order valence-electron chi connectivity index (χ3n) is 6.36. The minimum atomic E-state index is -3.97. The number of anilines is 1. The lowest BCUT2D eigenvalue weighted by Gasteiger charge is -2.30. The number of rotatable bonds is 7. The highest BCUT2D eigenvalue weighted by molar-refractivity contribution is 7.93. The Balaban J connectivity index is 1.55. The van der Waals surface area contributed by atoms with Crippen LogP contribution >= 0.6 is 0 Å². The Hall–Kier alpha value is -3.28. The van der Waals surface area contributed by atoms with Crippen LogP contribution in [0.15, 0.2) is 70.5 Å². The Kier molecular flexibility index (Phi) is 7.40. The lowest BCUT2D eigenvalue weighted by atomic mass is 10.1. The van der Waals surface area contributed by atoms with Gasteiger partial charge in [0, 0.05) is 12.1 Å². The zero-order valence-electron chi connectivity index (χ0n) is 20.3. The number of sulfone groups is 1. The molecule has 1 aliphatic rings. The van der Waals surface area contributed by atoms with Gasteiger partial charge in [-0.15, -0.1) is 0 Å². The van der Waals surface area contributed by atoms with Crippen molar-refractivity contribution in [3.63, 3.8) is 0 Å². The third kappa shape index (κ3) is 5.25. The van der Waals surface area contributed by atoms with E-state index in [2.05, 4.69) is 5.32 Å². The molecule has 8 nitrogen and oxygen atoms in total. The van der Waals surface area contributed by atoms with Gasteiger partial charge < -0.3 is 10.4 Å². The molecule has 0 fully saturated rings. The lowest BCUT2D eigenvalue weighted by Crippen LogP contribution is -2.38. The fraction of sp³-hybridized carbons (Fsp3) is 0.269. The number of sulfonamides is 1. The SMILES string of the molecule is CCS(=O)(=O)c1ccc([C@H](CO)NC(=O)c2ccc(N3CCc4ccc(C)cc4S3(=O)=O)c(F)c2)cc1. The molecule has 37 heavy (non-hydrogen) atoms. The monoisotopic (exact) mass is 546 g/mol. The largest absolute Gasteiger partial charge is 0.394 e. The van der Waals surface area contributed by atoms with Crippen molar-refractivity contribution in [1.29, 1.82) is 0 Å². The van der Waals surface area contributed by atoms with E-state index < -0.39 is 44.2 Å². The summed E-state index contributed by atoms with van der Waals surface area (Å²) in [7, 11) is -7.37. The van der Waals surface area contributed by atoms with E-state index in [1.165, 1.54) is 43.3 Å². The molecule has 0 radical (unpaired) electrons. The molecule has 0 aromatic heterocycles. The minimum Gasteiger partial charge on any atom is -0.394 e. The van der Waals surface area contributed by atoms with Crippen LogP contribution in [0.5, 0.6) is 0 Å². The van der Waals surface area contributed by atoms with Crippen molar-refractivity contribution >= 4 is 31.5 Å². The summed E-state index contributed by atoms with van der Waals surface area (Å²) in [5, 5.41) is 12.4. The molecule has 1 amide bonds. The van der Waals surface area contributed by atoms with Gasteiger partial charge >= 0.3 is 0 Å². The van der Waals surface area contributed by atoms with Crippen molar-refractivity contribution in [2.75, 3.05) is 23.2 Å². The standard InChI is InChI=1S/C26H27FN2O6S2/c1-3-36(32,33)21-9-6-18(7-10-21)23(16-30)28-26(31)20-8-11-24(22(27)15-20)29-13-12-19-5-4-17(2)14-25(19)37(29,34)35/h4-11,14-15,23,30H,3,12-13,16H2,1-2H3,(H,28,31)/t23-/m0/s1. The van der Waals surface area contributed by atoms with Gasteiger partial charge in [-0.1, -0.05) is 31.2 Å². The van der Waals surface area contributed by atoms with Crippen LogP contribution in [0.25, 0.3) is 0 Å². The van der Waals surface area contributed by atoms with E-state index in [1.54, 1.807) is 19.1 Å². The van der Waals surface area contributed by atoms with Crippen molar-refractivity contribution < 1.29 is 31.1 Å². The maximum Gasteiger partial charge on any atom is 0.264 e. The number of aliphatic hydroxyl groups is 1. The number of carbonyl (C=O) groups is 1. The second-order valence-electron chi connectivity index (χ2n) is 8.79. The molecule has 0 aliphatic carbocycles. The Bertz CT molecular complexity index is 1550. The first-order chi connectivity index (χ1) is 17.5. The van der Waals surface area contributed by atoms with E-state index in [0.29, 0.717) is 17.5 Å². The smallest absolute Gasteiger partial charge is 0.264 e. The van der Waals surface area contributed by atoms with Gasteiger partial charge in [0.1, 0.15) is 5.82 Å². The first kappa shape index (κ1) is 26.8. The molecule has 0 unspecified atom stereocenters. The van der Waals surface area contributed by atoms with E-state index in [9.17, 15) is 26.7 Å². The quantitative estimate of drug-likeness (QED) is 0.470. The van der Waals surface area contributed by atoms with Crippen LogP contribution < -0.4 is 9.62 Å². The van der Waals surface area contributed by atoms with Gasteiger partial charge in [0.15, 0.2) is 9.84 Å². The number of aryl methyl sites for hydroxylation is 1. The topological polar surface area (TPSA) is 121 Å². The molecular formula is C26H27FN2O6S2. The summed E-state index contributed by atoms with van der Waals surface area (Å²) in [4.78, 5) is 13.1. The van der Waals surface area contributed by atoms with Gasteiger partial charge in [-0.3, -0.25) is 9.10 Å². The van der Waals surface area contributed by atoms with Gasteiger partial charge in [0.05, 0.1) is 33.9 Å². The number of nitrogens with one attached hydrogen (secondary N) is 1. The van der Waals surface area contributed by atoms with E-state index in [0.717, 1.165) is 15.9 Å². The zero-order valence-corrected chi connectivity index (χ0v) is 21.9. The molecule has 1 atom stereocenters. The highest BCUT2D eigenvalue weighted by Gasteiger charge is 2.33. The fourth-order valence-electron chi connectivity index (χ4n) is 4.22. The zero-order chi connectivity index (χ0) is 27.0. The molecule has 0 saturated carbocycles. The van der Waals surface area contributed by atoms with Gasteiger partial charge in [-0.2, -0.15) is 0 Å². The average molecular weight is 547 g/mol. The van der Waals surface area contributed by atoms with Crippen LogP contribution in [0.1, 0.15) is 40.0 Å². The summed E-state index contributed by atoms with van der Waals surface area (Å²) < 4.78 is 66.5. The summed E-state index contributed by atoms with van der Waals surface area (Å²) in [5.74, 6) is -1.61. The number of carbonyl (C=O) groups excluding carboxylic acids is 1. The molecule has 1 heterocycles. The molecule has 0 bridgehead atoms. The molecule has 3 aromatic carbocycles. The van der Waals surface area contributed by atoms with Gasteiger partial charge in [-0.25, -0.2) is 21.2 Å². The Morgan fingerprint density at radius 1 is 1.11 bits per heavy atom. The summed E-state index contributed by atoms with van der Waals surface area (Å²) >= 11 is 0. The molecular weight excluding hydrogens is 519 g/mol. The Labute approximate surface area is 215 Å². The number of fused-ring (bicyclic) bond motifs is 1. The van der Waals surface area contributed by atoms with Crippen molar-refractivity contribution in [1.82, 2.24) is 5.32 Å². The number of benzene rings is 3. The average Bonchev–Trinajstić information content (AvgIpc) is 2.88. The van der Waals surface area contributed by atoms with Crippen molar-refractivity contribution in [2.45, 2.75) is 36.1 Å². The number of aliphatic hydroxyl groups excluding tert-OH is 1. The Morgan fingerprint density at radius 2 is 1.81 bits per heavy atom. The third-order valence-corrected chi connectivity index (χ3v) is 10.0. The highest BCUT2D eigenvalue weighted by Crippen LogP contribution is 2.33. The second-order valence-corrected chi connectivity index (χ2v) is 12.9. The first-order valence-corrected chi connectivity index (χ1v) is 14.7. The van der Waals surface area contributed by atoms with E-state index >= 15 is 4.39 Å². The van der Waals surface area contributed by atoms with Crippen LogP contribution in [-0.2, 0) is 26.3 Å². The van der Waals surface area contributed by atoms with Gasteiger partial charge in [0.25, 0.3) is 15.9 Å². The molecule has 3 aromatic rings. The summed E-state index contributed by atoms with van der Waals surface area (Å²) in [5.41, 5.74) is 1.70. The first-order valence-electron chi connectivity index (χ1n) is 11.6. The second kappa shape index (κ2) is 10.2. The molecule has 11 heteroatoms. The number of nitrogens with zero attached hydrogens (tertiary/aromatic N) is 1. The number of halogens is 1. The Morgan fingerprint density at radius 3 is 2.43 bits per heavy atom. The molecule has 196 valence electrons. The van der Waals surface area contributed by atoms with Crippen molar-refractivity contribution in [3.8, 4) is 0 Å². The predicted molar refractivity (Wildman–Crippen MR) is 137 cm³/mol. The maximum absolute atomic E-state index is 15.1. The number of amides is 1. The van der Waals surface area contributed by atoms with E-state index in [1.807, 2.05) is 6.07 Å². The molecule has 0 saturated heterocycles. The van der Waals surface area contributed by atoms with Crippen LogP contribution in [0.2, 0.25) is 0 Å². The maximum atomic E-state index is 15.1. The van der Waals surface area contributed by atoms with Crippen molar-refractivity contribution in [3.05, 3.63) is 88.7 Å². The molecule has 0 spiro atoms. The van der Waals surface area contributed by atoms with Crippen LogP contribution in [0.4, 0.5) is 10.1 Å². The predicted octanol–water partition coefficient (Wildman–Crippen LogP) is 3.14. The van der Waals surface area contributed by atoms with Crippen LogP contribution in [0, 0.1) is 12.7 Å². The highest BCUT2D eigenvalue weighted by atomic mass is 32.2. The van der Waals surface area contributed by atoms with Gasteiger partial charge in [0.2, 0.25) is 0 Å². The van der Waals surface area contributed by atoms with Gasteiger partial charge in [-0.05, 0) is 66.4 Å². The summed E-state index contributed by atoms with van der Waals surface area (Å²) in [6, 6.07) is 13.6. The number of hydrogen-bond acceptors (Lipinski definition) is 6. The van der Waals surface area contributed by atoms with E-state index in [-0.39, 0.29) is 33.3 Å². The number of hydrogen-bond donors (Lipinski definition) is 2. The summed E-state index contributed by atoms with van der Waals surface area (Å²) in [6.45, 7) is 2.91. The lowest BCUT2D eigenvalue weighted by molar-refractivity contribution is 0.0915. The van der Waals surface area contributed by atoms with Crippen LogP contribution in [-0.4, -0.2) is 46.8 Å². The molecule has 4 rings (SSSR count). The van der Waals surface area contributed by atoms with E-state index in [4.69, 9.17) is 0 Å². The molecule has 1 aliphatic heterocycles. The normalized spacial score (nSPS) is 15.6. The van der Waals surface area contributed by atoms with Crippen LogP contribution in [0.3, 0.4) is 0 Å². The van der Waals surface area contributed by atoms with Crippen molar-refractivity contribution in [2.24, 2.45) is 0 Å². The molecule has 2 N–H and O–H groups in total. The minimum absolute atomic E-state index is 0.0566. The summed E-state index contributed by atoms with van der Waals surface area (Å²) in [6.07, 6.45) is 0.424.